The van der Waals surface area contributed by atoms with Crippen molar-refractivity contribution in [1.82, 2.24) is 9.55 Å². The van der Waals surface area contributed by atoms with Crippen LogP contribution in [0.15, 0.2) is 60.9 Å². The molecule has 0 aliphatic heterocycles. The highest BCUT2D eigenvalue weighted by Gasteiger charge is 2.12. The third-order valence-electron chi connectivity index (χ3n) is 5.12. The molecule has 0 radical (unpaired) electrons. The van der Waals surface area contributed by atoms with Gasteiger partial charge in [0.1, 0.15) is 0 Å². The van der Waals surface area contributed by atoms with Crippen LogP contribution in [0.1, 0.15) is 51.4 Å². The van der Waals surface area contributed by atoms with Crippen LogP contribution >= 0.6 is 0 Å². The van der Waals surface area contributed by atoms with Crippen molar-refractivity contribution in [2.45, 2.75) is 46.1 Å². The van der Waals surface area contributed by atoms with E-state index in [1.807, 2.05) is 6.33 Å². The van der Waals surface area contributed by atoms with Crippen molar-refractivity contribution in [2.75, 3.05) is 0 Å². The van der Waals surface area contributed by atoms with Gasteiger partial charge in [-0.25, -0.2) is 4.98 Å². The summed E-state index contributed by atoms with van der Waals surface area (Å²) in [5.74, 6) is 0. The third-order valence-corrected chi connectivity index (χ3v) is 5.12. The summed E-state index contributed by atoms with van der Waals surface area (Å²) >= 11 is 0. The Morgan fingerprint density at radius 2 is 1.77 bits per heavy atom. The van der Waals surface area contributed by atoms with E-state index >= 15 is 0 Å². The highest BCUT2D eigenvalue weighted by molar-refractivity contribution is 5.84. The minimum Gasteiger partial charge on any atom is -0.328 e. The molecule has 0 fully saturated rings. The number of nitrogens with zero attached hydrogens (tertiary/aromatic N) is 2. The van der Waals surface area contributed by atoms with Crippen molar-refractivity contribution in [3.8, 4) is 0 Å². The number of aromatic nitrogens is 2. The maximum Gasteiger partial charge on any atom is 0.0960 e. The second-order valence-corrected chi connectivity index (χ2v) is 7.48. The van der Waals surface area contributed by atoms with Gasteiger partial charge in [-0.05, 0) is 60.2 Å². The summed E-state index contributed by atoms with van der Waals surface area (Å²) in [4.78, 5) is 4.76. The number of fused-ring (bicyclic) bond motifs is 2. The van der Waals surface area contributed by atoms with Crippen molar-refractivity contribution >= 4 is 21.8 Å². The summed E-state index contributed by atoms with van der Waals surface area (Å²) in [6.45, 7) is 6.68. The second kappa shape index (κ2) is 6.95. The third kappa shape index (κ3) is 3.12. The predicted octanol–water partition coefficient (Wildman–Crippen LogP) is 6.56. The Hall–Kier alpha value is -2.61. The van der Waals surface area contributed by atoms with E-state index in [2.05, 4.69) is 79.9 Å². The Morgan fingerprint density at radius 3 is 2.54 bits per heavy atom. The Balaban J connectivity index is 0.00000210. The lowest BCUT2D eigenvalue weighted by atomic mass is 9.97. The standard InChI is InChI=1S/C24H26N2.H2/c1-4-7-18-13-22(24-23(15-18)26(16-25-24)17(2)3)14-19-10-11-20-8-5-6-9-21(20)12-19;/h5-6,8-13,15-17H,4,7,14H2,1-3H3;1H. The van der Waals surface area contributed by atoms with Gasteiger partial charge in [0.15, 0.2) is 0 Å². The van der Waals surface area contributed by atoms with Crippen LogP contribution in [0, 0.1) is 0 Å². The Kier molecular flexibility index (Phi) is 4.50. The van der Waals surface area contributed by atoms with E-state index < -0.39 is 0 Å². The first kappa shape index (κ1) is 16.8. The zero-order valence-electron chi connectivity index (χ0n) is 15.9. The SMILES string of the molecule is CCCc1cc(Cc2ccc3ccccc3c2)c2ncn(C(C)C)c2c1.[HH]. The van der Waals surface area contributed by atoms with Gasteiger partial charge in [0.2, 0.25) is 0 Å². The lowest BCUT2D eigenvalue weighted by Gasteiger charge is -2.12. The number of hydrogen-bond donors (Lipinski definition) is 0. The van der Waals surface area contributed by atoms with Crippen molar-refractivity contribution in [2.24, 2.45) is 0 Å². The van der Waals surface area contributed by atoms with E-state index in [1.165, 1.54) is 33.0 Å². The van der Waals surface area contributed by atoms with Gasteiger partial charge in [0.25, 0.3) is 0 Å². The molecule has 1 aromatic heterocycles. The van der Waals surface area contributed by atoms with Gasteiger partial charge >= 0.3 is 0 Å². The first-order valence-corrected chi connectivity index (χ1v) is 9.61. The van der Waals surface area contributed by atoms with Gasteiger partial charge in [-0.2, -0.15) is 0 Å². The molecule has 0 aliphatic carbocycles. The molecule has 1 heterocycles. The van der Waals surface area contributed by atoms with E-state index in [1.54, 1.807) is 0 Å². The van der Waals surface area contributed by atoms with Gasteiger partial charge in [0.05, 0.1) is 17.4 Å². The highest BCUT2D eigenvalue weighted by atomic mass is 15.1. The quantitative estimate of drug-likeness (QED) is 0.401. The molecule has 4 aromatic rings. The van der Waals surface area contributed by atoms with Gasteiger partial charge in [-0.3, -0.25) is 0 Å². The van der Waals surface area contributed by atoms with Crippen molar-refractivity contribution < 1.29 is 1.43 Å². The molecule has 4 rings (SSSR count). The normalized spacial score (nSPS) is 11.7. The molecule has 0 saturated carbocycles. The molecule has 2 heteroatoms. The minimum absolute atomic E-state index is 0. The van der Waals surface area contributed by atoms with E-state index in [9.17, 15) is 0 Å². The van der Waals surface area contributed by atoms with Crippen LogP contribution < -0.4 is 0 Å². The van der Waals surface area contributed by atoms with E-state index in [0.29, 0.717) is 6.04 Å². The van der Waals surface area contributed by atoms with Crippen molar-refractivity contribution in [3.63, 3.8) is 0 Å². The molecule has 0 saturated heterocycles. The van der Waals surface area contributed by atoms with E-state index in [-0.39, 0.29) is 1.43 Å². The first-order valence-electron chi connectivity index (χ1n) is 9.61. The maximum absolute atomic E-state index is 4.76. The zero-order valence-corrected chi connectivity index (χ0v) is 15.9. The fraction of sp³-hybridized carbons (Fsp3) is 0.292. The number of aryl methyl sites for hydroxylation is 1. The lowest BCUT2D eigenvalue weighted by Crippen LogP contribution is -2.00. The molecule has 134 valence electrons. The Morgan fingerprint density at radius 1 is 0.962 bits per heavy atom. The largest absolute Gasteiger partial charge is 0.328 e. The van der Waals surface area contributed by atoms with Gasteiger partial charge in [-0.15, -0.1) is 0 Å². The van der Waals surface area contributed by atoms with Crippen molar-refractivity contribution in [1.29, 1.82) is 0 Å². The molecule has 3 aromatic carbocycles. The molecule has 0 unspecified atom stereocenters. The molecule has 0 N–H and O–H groups in total. The molecule has 0 spiro atoms. The minimum atomic E-state index is 0. The lowest BCUT2D eigenvalue weighted by molar-refractivity contribution is 0.617. The molecule has 0 atom stereocenters. The summed E-state index contributed by atoms with van der Waals surface area (Å²) in [5.41, 5.74) is 6.50. The maximum atomic E-state index is 4.76. The molecular formula is C24H28N2. The van der Waals surface area contributed by atoms with Crippen LogP contribution in [-0.2, 0) is 12.8 Å². The van der Waals surface area contributed by atoms with Crippen molar-refractivity contribution in [3.05, 3.63) is 77.6 Å². The monoisotopic (exact) mass is 344 g/mol. The Bertz CT molecular complexity index is 1060. The molecule has 2 nitrogen and oxygen atoms in total. The summed E-state index contributed by atoms with van der Waals surface area (Å²) in [6, 6.07) is 20.5. The molecule has 0 aliphatic rings. The predicted molar refractivity (Wildman–Crippen MR) is 113 cm³/mol. The summed E-state index contributed by atoms with van der Waals surface area (Å²) in [7, 11) is 0. The van der Waals surface area contributed by atoms with Crippen LogP contribution in [0.25, 0.3) is 21.8 Å². The second-order valence-electron chi connectivity index (χ2n) is 7.48. The smallest absolute Gasteiger partial charge is 0.0960 e. The van der Waals surface area contributed by atoms with Gasteiger partial charge in [0, 0.05) is 7.47 Å². The molecule has 26 heavy (non-hydrogen) atoms. The summed E-state index contributed by atoms with van der Waals surface area (Å²) in [5, 5.41) is 2.60. The molecule has 0 bridgehead atoms. The number of benzene rings is 3. The number of imidazole rings is 1. The number of rotatable bonds is 5. The summed E-state index contributed by atoms with van der Waals surface area (Å²) < 4.78 is 2.29. The van der Waals surface area contributed by atoms with Crippen LogP contribution in [0.4, 0.5) is 0 Å². The molecular weight excluding hydrogens is 316 g/mol. The van der Waals surface area contributed by atoms with E-state index in [0.717, 1.165) is 24.8 Å². The van der Waals surface area contributed by atoms with Crippen LogP contribution in [0.3, 0.4) is 0 Å². The van der Waals surface area contributed by atoms with E-state index in [4.69, 9.17) is 4.98 Å². The summed E-state index contributed by atoms with van der Waals surface area (Å²) in [6.07, 6.45) is 5.20. The van der Waals surface area contributed by atoms with Gasteiger partial charge < -0.3 is 4.57 Å². The van der Waals surface area contributed by atoms with Crippen LogP contribution in [0.5, 0.6) is 0 Å². The topological polar surface area (TPSA) is 17.8 Å². The van der Waals surface area contributed by atoms with Gasteiger partial charge in [-0.1, -0.05) is 61.9 Å². The highest BCUT2D eigenvalue weighted by Crippen LogP contribution is 2.26. The van der Waals surface area contributed by atoms with Crippen LogP contribution in [-0.4, -0.2) is 9.55 Å². The number of hydrogen-bond acceptors (Lipinski definition) is 1. The first-order chi connectivity index (χ1) is 12.7. The average Bonchev–Trinajstić information content (AvgIpc) is 3.06. The zero-order chi connectivity index (χ0) is 18.1. The Labute approximate surface area is 157 Å². The fourth-order valence-corrected chi connectivity index (χ4v) is 3.82. The molecule has 0 amide bonds. The van der Waals surface area contributed by atoms with Crippen LogP contribution in [0.2, 0.25) is 0 Å². The average molecular weight is 345 g/mol. The fourth-order valence-electron chi connectivity index (χ4n) is 3.82.